The SMILES string of the molecule is COCOc1ccc(CCc2ccc(OCc3ccccc3)cc2OCc2ccccc2)c(OCOC)c1. The van der Waals surface area contributed by atoms with Gasteiger partial charge in [-0.15, -0.1) is 0 Å². The first-order valence-corrected chi connectivity index (χ1v) is 12.6. The van der Waals surface area contributed by atoms with Gasteiger partial charge in [-0.3, -0.25) is 0 Å². The number of hydrogen-bond donors (Lipinski definition) is 0. The molecule has 0 aromatic heterocycles. The van der Waals surface area contributed by atoms with Crippen molar-refractivity contribution in [3.05, 3.63) is 119 Å². The molecule has 0 heterocycles. The fraction of sp³-hybridized carbons (Fsp3) is 0.250. The van der Waals surface area contributed by atoms with Crippen molar-refractivity contribution in [2.24, 2.45) is 0 Å². The summed E-state index contributed by atoms with van der Waals surface area (Å²) >= 11 is 0. The monoisotopic (exact) mass is 514 g/mol. The molecule has 0 aliphatic rings. The minimum Gasteiger partial charge on any atom is -0.489 e. The van der Waals surface area contributed by atoms with Crippen LogP contribution in [0.25, 0.3) is 0 Å². The number of methoxy groups -OCH3 is 2. The van der Waals surface area contributed by atoms with E-state index in [1.165, 1.54) is 0 Å². The van der Waals surface area contributed by atoms with Gasteiger partial charge in [0.15, 0.2) is 13.6 Å². The molecular weight excluding hydrogens is 480 g/mol. The average Bonchev–Trinajstić information content (AvgIpc) is 2.97. The smallest absolute Gasteiger partial charge is 0.188 e. The second-order valence-electron chi connectivity index (χ2n) is 8.69. The van der Waals surface area contributed by atoms with Gasteiger partial charge in [-0.05, 0) is 47.2 Å². The van der Waals surface area contributed by atoms with Crippen LogP contribution < -0.4 is 18.9 Å². The maximum Gasteiger partial charge on any atom is 0.188 e. The van der Waals surface area contributed by atoms with Crippen LogP contribution in [0.3, 0.4) is 0 Å². The zero-order chi connectivity index (χ0) is 26.4. The van der Waals surface area contributed by atoms with Gasteiger partial charge in [-0.1, -0.05) is 72.8 Å². The second-order valence-corrected chi connectivity index (χ2v) is 8.69. The maximum absolute atomic E-state index is 6.30. The highest BCUT2D eigenvalue weighted by atomic mass is 16.7. The fourth-order valence-corrected chi connectivity index (χ4v) is 3.93. The molecule has 4 rings (SSSR count). The third-order valence-electron chi connectivity index (χ3n) is 5.90. The van der Waals surface area contributed by atoms with Gasteiger partial charge < -0.3 is 28.4 Å². The summed E-state index contributed by atoms with van der Waals surface area (Å²) in [5, 5.41) is 0. The van der Waals surface area contributed by atoms with E-state index in [0.717, 1.165) is 52.3 Å². The van der Waals surface area contributed by atoms with Crippen LogP contribution in [-0.2, 0) is 35.5 Å². The molecular formula is C32H34O6. The first-order chi connectivity index (χ1) is 18.7. The summed E-state index contributed by atoms with van der Waals surface area (Å²) in [5.41, 5.74) is 4.36. The topological polar surface area (TPSA) is 55.4 Å². The molecule has 0 amide bonds. The van der Waals surface area contributed by atoms with Gasteiger partial charge in [-0.25, -0.2) is 0 Å². The van der Waals surface area contributed by atoms with Gasteiger partial charge in [0.05, 0.1) is 0 Å². The van der Waals surface area contributed by atoms with E-state index in [-0.39, 0.29) is 13.6 Å². The lowest BCUT2D eigenvalue weighted by molar-refractivity contribution is 0.0456. The molecule has 0 atom stereocenters. The van der Waals surface area contributed by atoms with Crippen molar-refractivity contribution in [1.82, 2.24) is 0 Å². The van der Waals surface area contributed by atoms with E-state index >= 15 is 0 Å². The lowest BCUT2D eigenvalue weighted by atomic mass is 10.0. The first-order valence-electron chi connectivity index (χ1n) is 12.6. The first kappa shape index (κ1) is 27.0. The molecule has 6 nitrogen and oxygen atoms in total. The molecule has 38 heavy (non-hydrogen) atoms. The van der Waals surface area contributed by atoms with Crippen LogP contribution in [0, 0.1) is 0 Å². The van der Waals surface area contributed by atoms with E-state index < -0.39 is 0 Å². The third-order valence-corrected chi connectivity index (χ3v) is 5.90. The molecule has 198 valence electrons. The number of hydrogen-bond acceptors (Lipinski definition) is 6. The van der Waals surface area contributed by atoms with Crippen molar-refractivity contribution in [3.63, 3.8) is 0 Å². The van der Waals surface area contributed by atoms with E-state index in [0.29, 0.717) is 19.0 Å². The Labute approximate surface area is 224 Å². The largest absolute Gasteiger partial charge is 0.489 e. The van der Waals surface area contributed by atoms with E-state index in [1.807, 2.05) is 66.7 Å². The van der Waals surface area contributed by atoms with E-state index in [2.05, 4.69) is 30.3 Å². The van der Waals surface area contributed by atoms with Crippen molar-refractivity contribution < 1.29 is 28.4 Å². The average molecular weight is 515 g/mol. The van der Waals surface area contributed by atoms with Crippen LogP contribution in [0.15, 0.2) is 97.1 Å². The molecule has 0 radical (unpaired) electrons. The standard InChI is InChI=1S/C32H34O6/c1-33-23-37-30-18-16-28(32(20-30)38-24-34-2)14-13-27-15-17-29(35-21-25-9-5-3-6-10-25)19-31(27)36-22-26-11-7-4-8-12-26/h3-12,15-20H,13-14,21-24H2,1-2H3. The summed E-state index contributed by atoms with van der Waals surface area (Å²) in [6.07, 6.45) is 1.50. The minimum absolute atomic E-state index is 0.152. The maximum atomic E-state index is 6.30. The Morgan fingerprint density at radius 3 is 1.50 bits per heavy atom. The number of ether oxygens (including phenoxy) is 6. The quantitative estimate of drug-likeness (QED) is 0.167. The normalized spacial score (nSPS) is 10.7. The van der Waals surface area contributed by atoms with Crippen LogP contribution in [0.4, 0.5) is 0 Å². The number of aryl methyl sites for hydroxylation is 2. The molecule has 4 aromatic rings. The Hall–Kier alpha value is -4.00. The lowest BCUT2D eigenvalue weighted by Crippen LogP contribution is -2.05. The van der Waals surface area contributed by atoms with Crippen molar-refractivity contribution in [2.75, 3.05) is 27.8 Å². The van der Waals surface area contributed by atoms with E-state index in [4.69, 9.17) is 28.4 Å². The Balaban J connectivity index is 1.50. The van der Waals surface area contributed by atoms with Gasteiger partial charge in [0.1, 0.15) is 36.2 Å². The highest BCUT2D eigenvalue weighted by Gasteiger charge is 2.12. The van der Waals surface area contributed by atoms with Gasteiger partial charge in [-0.2, -0.15) is 0 Å². The predicted molar refractivity (Wildman–Crippen MR) is 147 cm³/mol. The summed E-state index contributed by atoms with van der Waals surface area (Å²) in [6.45, 7) is 1.29. The summed E-state index contributed by atoms with van der Waals surface area (Å²) in [4.78, 5) is 0. The molecule has 0 spiro atoms. The van der Waals surface area contributed by atoms with E-state index in [1.54, 1.807) is 14.2 Å². The molecule has 6 heteroatoms. The van der Waals surface area contributed by atoms with Crippen LogP contribution in [0.2, 0.25) is 0 Å². The van der Waals surface area contributed by atoms with Gasteiger partial charge >= 0.3 is 0 Å². The summed E-state index contributed by atoms with van der Waals surface area (Å²) in [6, 6.07) is 32.1. The highest BCUT2D eigenvalue weighted by Crippen LogP contribution is 2.31. The van der Waals surface area contributed by atoms with Gasteiger partial charge in [0.25, 0.3) is 0 Å². The Kier molecular flexibility index (Phi) is 10.4. The van der Waals surface area contributed by atoms with Crippen LogP contribution in [0.5, 0.6) is 23.0 Å². The number of rotatable bonds is 15. The molecule has 4 aromatic carbocycles. The molecule has 0 saturated carbocycles. The molecule has 0 saturated heterocycles. The molecule has 0 unspecified atom stereocenters. The van der Waals surface area contributed by atoms with Crippen molar-refractivity contribution in [1.29, 1.82) is 0 Å². The molecule has 0 fully saturated rings. The minimum atomic E-state index is 0.152. The zero-order valence-electron chi connectivity index (χ0n) is 21.9. The van der Waals surface area contributed by atoms with Gasteiger partial charge in [0.2, 0.25) is 0 Å². The highest BCUT2D eigenvalue weighted by molar-refractivity contribution is 5.44. The summed E-state index contributed by atoms with van der Waals surface area (Å²) in [7, 11) is 3.19. The summed E-state index contributed by atoms with van der Waals surface area (Å²) in [5.74, 6) is 2.96. The molecule has 0 aliphatic heterocycles. The van der Waals surface area contributed by atoms with E-state index in [9.17, 15) is 0 Å². The Bertz CT molecular complexity index is 1240. The third kappa shape index (κ3) is 8.26. The summed E-state index contributed by atoms with van der Waals surface area (Å²) < 4.78 is 33.9. The number of benzene rings is 4. The second kappa shape index (κ2) is 14.7. The predicted octanol–water partition coefficient (Wildman–Crippen LogP) is 6.60. The van der Waals surface area contributed by atoms with Crippen LogP contribution in [0.1, 0.15) is 22.3 Å². The van der Waals surface area contributed by atoms with Gasteiger partial charge in [0, 0.05) is 26.4 Å². The zero-order valence-corrected chi connectivity index (χ0v) is 21.9. The van der Waals surface area contributed by atoms with Crippen molar-refractivity contribution in [3.8, 4) is 23.0 Å². The van der Waals surface area contributed by atoms with Crippen LogP contribution >= 0.6 is 0 Å². The molecule has 0 bridgehead atoms. The Morgan fingerprint density at radius 2 is 0.947 bits per heavy atom. The van der Waals surface area contributed by atoms with Crippen molar-refractivity contribution >= 4 is 0 Å². The Morgan fingerprint density at radius 1 is 0.474 bits per heavy atom. The molecule has 0 N–H and O–H groups in total. The fourth-order valence-electron chi connectivity index (χ4n) is 3.93. The lowest BCUT2D eigenvalue weighted by Gasteiger charge is -2.16. The van der Waals surface area contributed by atoms with Crippen LogP contribution in [-0.4, -0.2) is 27.8 Å². The molecule has 0 aliphatic carbocycles. The van der Waals surface area contributed by atoms with Crippen molar-refractivity contribution in [2.45, 2.75) is 26.1 Å².